The van der Waals surface area contributed by atoms with Crippen LogP contribution in [0.3, 0.4) is 0 Å². The summed E-state index contributed by atoms with van der Waals surface area (Å²) in [5.41, 5.74) is 1.74. The van der Waals surface area contributed by atoms with Crippen LogP contribution in [-0.4, -0.2) is 29.4 Å². The third kappa shape index (κ3) is 3.25. The van der Waals surface area contributed by atoms with Crippen molar-refractivity contribution in [3.8, 4) is 0 Å². The molecule has 0 bridgehead atoms. The number of rotatable bonds is 5. The first-order valence-electron chi connectivity index (χ1n) is 8.03. The number of hydrogen-bond donors (Lipinski definition) is 0. The van der Waals surface area contributed by atoms with Crippen LogP contribution < -0.4 is 0 Å². The smallest absolute Gasteiger partial charge is 0.232 e. The van der Waals surface area contributed by atoms with Gasteiger partial charge in [0.05, 0.1) is 5.41 Å². The number of likely N-dealkylation sites (N-methyl/N-ethyl adjacent to an activating group) is 1. The van der Waals surface area contributed by atoms with E-state index < -0.39 is 0 Å². The number of benzene rings is 1. The standard InChI is InChI=1S/C19H21ClN2O/c1-22(14-10-17-5-2-3-13-21-17)18(23)19(11-4-12-19)15-6-8-16(20)9-7-15/h2-3,5-9,13H,4,10-12,14H2,1H3. The second-order valence-corrected chi connectivity index (χ2v) is 6.68. The zero-order chi connectivity index (χ0) is 16.3. The van der Waals surface area contributed by atoms with Gasteiger partial charge in [0.1, 0.15) is 0 Å². The van der Waals surface area contributed by atoms with Gasteiger partial charge < -0.3 is 4.90 Å². The molecule has 23 heavy (non-hydrogen) atoms. The molecule has 1 amide bonds. The first kappa shape index (κ1) is 16.0. The molecule has 0 N–H and O–H groups in total. The van der Waals surface area contributed by atoms with E-state index in [0.29, 0.717) is 11.6 Å². The summed E-state index contributed by atoms with van der Waals surface area (Å²) in [6.45, 7) is 0.686. The lowest BCUT2D eigenvalue weighted by Crippen LogP contribution is -2.50. The zero-order valence-electron chi connectivity index (χ0n) is 13.3. The number of halogens is 1. The second-order valence-electron chi connectivity index (χ2n) is 6.24. The highest BCUT2D eigenvalue weighted by Gasteiger charge is 2.46. The van der Waals surface area contributed by atoms with Crippen LogP contribution in [0.2, 0.25) is 5.02 Å². The Morgan fingerprint density at radius 2 is 1.96 bits per heavy atom. The summed E-state index contributed by atoms with van der Waals surface area (Å²) in [7, 11) is 1.89. The van der Waals surface area contributed by atoms with E-state index in [1.54, 1.807) is 6.20 Å². The molecule has 1 aliphatic carbocycles. The van der Waals surface area contributed by atoms with Crippen molar-refractivity contribution >= 4 is 17.5 Å². The van der Waals surface area contributed by atoms with Crippen molar-refractivity contribution in [2.45, 2.75) is 31.1 Å². The molecule has 1 aromatic carbocycles. The van der Waals surface area contributed by atoms with E-state index in [2.05, 4.69) is 4.98 Å². The molecule has 4 heteroatoms. The Bertz CT molecular complexity index is 666. The van der Waals surface area contributed by atoms with Crippen molar-refractivity contribution in [2.75, 3.05) is 13.6 Å². The maximum atomic E-state index is 13.0. The maximum absolute atomic E-state index is 13.0. The van der Waals surface area contributed by atoms with Crippen LogP contribution in [0.25, 0.3) is 0 Å². The summed E-state index contributed by atoms with van der Waals surface area (Å²) in [6.07, 6.45) is 5.50. The van der Waals surface area contributed by atoms with Gasteiger partial charge in [-0.3, -0.25) is 9.78 Å². The molecule has 0 radical (unpaired) electrons. The summed E-state index contributed by atoms with van der Waals surface area (Å²) in [4.78, 5) is 19.2. The molecule has 1 saturated carbocycles. The lowest BCUT2D eigenvalue weighted by atomic mass is 9.63. The van der Waals surface area contributed by atoms with Crippen LogP contribution in [-0.2, 0) is 16.6 Å². The summed E-state index contributed by atoms with van der Waals surface area (Å²) in [5, 5.41) is 0.708. The van der Waals surface area contributed by atoms with Gasteiger partial charge >= 0.3 is 0 Å². The quantitative estimate of drug-likeness (QED) is 0.835. The first-order valence-corrected chi connectivity index (χ1v) is 8.41. The minimum atomic E-state index is -0.358. The molecule has 0 spiro atoms. The summed E-state index contributed by atoms with van der Waals surface area (Å²) in [5.74, 6) is 0.210. The van der Waals surface area contributed by atoms with Crippen LogP contribution in [0, 0.1) is 0 Å². The van der Waals surface area contributed by atoms with E-state index >= 15 is 0 Å². The molecule has 2 aromatic rings. The van der Waals surface area contributed by atoms with Crippen LogP contribution in [0.15, 0.2) is 48.7 Å². The van der Waals surface area contributed by atoms with E-state index in [-0.39, 0.29) is 11.3 Å². The molecule has 1 heterocycles. The van der Waals surface area contributed by atoms with Gasteiger partial charge in [-0.05, 0) is 42.7 Å². The third-order valence-electron chi connectivity index (χ3n) is 4.79. The minimum Gasteiger partial charge on any atom is -0.345 e. The highest BCUT2D eigenvalue weighted by atomic mass is 35.5. The summed E-state index contributed by atoms with van der Waals surface area (Å²) < 4.78 is 0. The number of nitrogens with zero attached hydrogens (tertiary/aromatic N) is 2. The lowest BCUT2D eigenvalue weighted by molar-refractivity contribution is -0.139. The number of amides is 1. The topological polar surface area (TPSA) is 33.2 Å². The molecule has 0 aliphatic heterocycles. The van der Waals surface area contributed by atoms with Gasteiger partial charge in [-0.25, -0.2) is 0 Å². The molecule has 120 valence electrons. The number of hydrogen-bond acceptors (Lipinski definition) is 2. The van der Waals surface area contributed by atoms with Crippen molar-refractivity contribution in [1.82, 2.24) is 9.88 Å². The average molecular weight is 329 g/mol. The molecular weight excluding hydrogens is 308 g/mol. The van der Waals surface area contributed by atoms with Crippen molar-refractivity contribution in [3.63, 3.8) is 0 Å². The third-order valence-corrected chi connectivity index (χ3v) is 5.04. The Morgan fingerprint density at radius 1 is 1.22 bits per heavy atom. The van der Waals surface area contributed by atoms with Crippen molar-refractivity contribution in [2.24, 2.45) is 0 Å². The van der Waals surface area contributed by atoms with E-state index in [4.69, 9.17) is 11.6 Å². The average Bonchev–Trinajstić information content (AvgIpc) is 2.54. The fourth-order valence-electron chi connectivity index (χ4n) is 3.22. The Morgan fingerprint density at radius 3 is 2.52 bits per heavy atom. The summed E-state index contributed by atoms with van der Waals surface area (Å²) in [6, 6.07) is 13.6. The normalized spacial score (nSPS) is 15.7. The lowest BCUT2D eigenvalue weighted by Gasteiger charge is -2.43. The van der Waals surface area contributed by atoms with Gasteiger partial charge in [0.2, 0.25) is 5.91 Å². The van der Waals surface area contributed by atoms with Crippen molar-refractivity contribution in [1.29, 1.82) is 0 Å². The van der Waals surface area contributed by atoms with E-state index in [1.165, 1.54) is 0 Å². The van der Waals surface area contributed by atoms with Gasteiger partial charge in [0.15, 0.2) is 0 Å². The van der Waals surface area contributed by atoms with E-state index in [9.17, 15) is 4.79 Å². The van der Waals surface area contributed by atoms with Gasteiger partial charge in [0, 0.05) is 36.9 Å². The van der Waals surface area contributed by atoms with Crippen LogP contribution in [0.4, 0.5) is 0 Å². The first-order chi connectivity index (χ1) is 11.1. The second kappa shape index (κ2) is 6.71. The van der Waals surface area contributed by atoms with E-state index in [0.717, 1.165) is 36.9 Å². The van der Waals surface area contributed by atoms with Crippen molar-refractivity contribution in [3.05, 3.63) is 64.9 Å². The molecule has 0 atom stereocenters. The number of pyridine rings is 1. The Kier molecular flexibility index (Phi) is 4.67. The van der Waals surface area contributed by atoms with Gasteiger partial charge in [-0.15, -0.1) is 0 Å². The molecule has 0 saturated heterocycles. The predicted molar refractivity (Wildman–Crippen MR) is 92.6 cm³/mol. The molecule has 0 unspecified atom stereocenters. The molecule has 3 rings (SSSR count). The van der Waals surface area contributed by atoms with E-state index in [1.807, 2.05) is 54.4 Å². The predicted octanol–water partition coefficient (Wildman–Crippen LogP) is 3.86. The number of aromatic nitrogens is 1. The Hall–Kier alpha value is -1.87. The zero-order valence-corrected chi connectivity index (χ0v) is 14.1. The van der Waals surface area contributed by atoms with Crippen LogP contribution in [0.5, 0.6) is 0 Å². The molecule has 1 aliphatic rings. The highest BCUT2D eigenvalue weighted by Crippen LogP contribution is 2.45. The SMILES string of the molecule is CN(CCc1ccccn1)C(=O)C1(c2ccc(Cl)cc2)CCC1. The highest BCUT2D eigenvalue weighted by molar-refractivity contribution is 6.30. The number of carbonyl (C=O) groups is 1. The van der Waals surface area contributed by atoms with Gasteiger partial charge in [-0.1, -0.05) is 36.2 Å². The molecular formula is C19H21ClN2O. The van der Waals surface area contributed by atoms with Crippen LogP contribution >= 0.6 is 11.6 Å². The largest absolute Gasteiger partial charge is 0.345 e. The number of carbonyl (C=O) groups excluding carboxylic acids is 1. The van der Waals surface area contributed by atoms with Crippen molar-refractivity contribution < 1.29 is 4.79 Å². The fraction of sp³-hybridized carbons (Fsp3) is 0.368. The minimum absolute atomic E-state index is 0.210. The molecule has 3 nitrogen and oxygen atoms in total. The van der Waals surface area contributed by atoms with Gasteiger partial charge in [-0.2, -0.15) is 0 Å². The maximum Gasteiger partial charge on any atom is 0.232 e. The summed E-state index contributed by atoms with van der Waals surface area (Å²) >= 11 is 5.98. The monoisotopic (exact) mass is 328 g/mol. The molecule has 1 fully saturated rings. The fourth-order valence-corrected chi connectivity index (χ4v) is 3.35. The van der Waals surface area contributed by atoms with Gasteiger partial charge in [0.25, 0.3) is 0 Å². The molecule has 1 aromatic heterocycles. The Balaban J connectivity index is 1.71. The van der Waals surface area contributed by atoms with Crippen LogP contribution in [0.1, 0.15) is 30.5 Å². The Labute approximate surface area is 142 Å².